The normalized spacial score (nSPS) is 10.9. The standard InChI is InChI=1S/C13H14N2O4S/c1-18-12-6-5-11(8-13(12)19-2)20(16,17)15-10-4-3-7-14-9-10/h3-9,15H,1-2H3/p+1. The predicted octanol–water partition coefficient (Wildman–Crippen LogP) is 1.32. The van der Waals surface area contributed by atoms with Gasteiger partial charge in [0, 0.05) is 12.1 Å². The number of aromatic nitrogens is 1. The molecule has 106 valence electrons. The summed E-state index contributed by atoms with van der Waals surface area (Å²) >= 11 is 0. The van der Waals surface area contributed by atoms with Gasteiger partial charge in [-0.15, -0.1) is 0 Å². The molecule has 1 heterocycles. The second kappa shape index (κ2) is 5.79. The van der Waals surface area contributed by atoms with Crippen molar-refractivity contribution in [3.8, 4) is 11.5 Å². The number of nitrogens with one attached hydrogen (secondary N) is 2. The minimum Gasteiger partial charge on any atom is -0.493 e. The van der Waals surface area contributed by atoms with Crippen LogP contribution in [-0.4, -0.2) is 22.6 Å². The summed E-state index contributed by atoms with van der Waals surface area (Å²) < 4.78 is 37.1. The van der Waals surface area contributed by atoms with Crippen molar-refractivity contribution in [1.29, 1.82) is 0 Å². The Kier molecular flexibility index (Phi) is 4.09. The molecule has 0 atom stereocenters. The van der Waals surface area contributed by atoms with Gasteiger partial charge in [0.2, 0.25) is 0 Å². The molecule has 1 aromatic carbocycles. The molecule has 7 heteroatoms. The van der Waals surface area contributed by atoms with E-state index in [-0.39, 0.29) is 4.90 Å². The average Bonchev–Trinajstić information content (AvgIpc) is 2.47. The van der Waals surface area contributed by atoms with Crippen molar-refractivity contribution < 1.29 is 22.9 Å². The Labute approximate surface area is 117 Å². The highest BCUT2D eigenvalue weighted by Gasteiger charge is 2.17. The van der Waals surface area contributed by atoms with Crippen molar-refractivity contribution in [2.24, 2.45) is 0 Å². The molecule has 2 aromatic rings. The van der Waals surface area contributed by atoms with E-state index in [9.17, 15) is 8.42 Å². The van der Waals surface area contributed by atoms with Crippen LogP contribution in [-0.2, 0) is 10.0 Å². The fourth-order valence-electron chi connectivity index (χ4n) is 1.65. The molecule has 6 nitrogen and oxygen atoms in total. The fourth-order valence-corrected chi connectivity index (χ4v) is 2.72. The predicted molar refractivity (Wildman–Crippen MR) is 73.4 cm³/mol. The summed E-state index contributed by atoms with van der Waals surface area (Å²) in [5.74, 6) is 0.828. The lowest BCUT2D eigenvalue weighted by Crippen LogP contribution is -2.14. The summed E-state index contributed by atoms with van der Waals surface area (Å²) in [6, 6.07) is 7.76. The first-order chi connectivity index (χ1) is 9.56. The van der Waals surface area contributed by atoms with Crippen molar-refractivity contribution in [2.75, 3.05) is 18.9 Å². The van der Waals surface area contributed by atoms with Crippen LogP contribution in [0.25, 0.3) is 0 Å². The Morgan fingerprint density at radius 2 is 1.85 bits per heavy atom. The van der Waals surface area contributed by atoms with Gasteiger partial charge < -0.3 is 9.47 Å². The summed E-state index contributed by atoms with van der Waals surface area (Å²) in [5.41, 5.74) is 0.447. The molecular formula is C13H15N2O4S+. The van der Waals surface area contributed by atoms with Gasteiger partial charge in [0.05, 0.1) is 19.1 Å². The molecule has 2 rings (SSSR count). The third-order valence-electron chi connectivity index (χ3n) is 2.62. The Morgan fingerprint density at radius 1 is 1.10 bits per heavy atom. The largest absolute Gasteiger partial charge is 0.493 e. The maximum atomic E-state index is 12.2. The third kappa shape index (κ3) is 3.00. The molecule has 0 saturated heterocycles. The maximum Gasteiger partial charge on any atom is 0.262 e. The molecular weight excluding hydrogens is 280 g/mol. The van der Waals surface area contributed by atoms with Crippen LogP contribution in [0.4, 0.5) is 5.69 Å². The van der Waals surface area contributed by atoms with Crippen LogP contribution in [0.1, 0.15) is 0 Å². The summed E-state index contributed by atoms with van der Waals surface area (Å²) in [5, 5.41) is 0. The molecule has 0 spiro atoms. The van der Waals surface area contributed by atoms with Gasteiger partial charge in [0.25, 0.3) is 10.0 Å². The number of rotatable bonds is 5. The molecule has 0 saturated carbocycles. The molecule has 0 aliphatic heterocycles. The molecule has 0 aliphatic rings. The molecule has 2 N–H and O–H groups in total. The molecule has 0 bridgehead atoms. The first-order valence-corrected chi connectivity index (χ1v) is 7.26. The van der Waals surface area contributed by atoms with E-state index in [0.717, 1.165) is 0 Å². The van der Waals surface area contributed by atoms with Crippen molar-refractivity contribution in [3.63, 3.8) is 0 Å². The van der Waals surface area contributed by atoms with Crippen molar-refractivity contribution in [1.82, 2.24) is 0 Å². The summed E-state index contributed by atoms with van der Waals surface area (Å²) in [6.07, 6.45) is 3.24. The maximum absolute atomic E-state index is 12.2. The number of hydrogen-bond donors (Lipinski definition) is 1. The molecule has 0 fully saturated rings. The van der Waals surface area contributed by atoms with Crippen LogP contribution in [0, 0.1) is 0 Å². The van der Waals surface area contributed by atoms with Gasteiger partial charge in [-0.2, -0.15) is 0 Å². The van der Waals surface area contributed by atoms with Crippen molar-refractivity contribution >= 4 is 15.7 Å². The highest BCUT2D eigenvalue weighted by atomic mass is 32.2. The smallest absolute Gasteiger partial charge is 0.262 e. The Morgan fingerprint density at radius 3 is 2.45 bits per heavy atom. The van der Waals surface area contributed by atoms with E-state index in [0.29, 0.717) is 17.2 Å². The van der Waals surface area contributed by atoms with E-state index >= 15 is 0 Å². The van der Waals surface area contributed by atoms with Crippen LogP contribution < -0.4 is 19.2 Å². The molecule has 1 aromatic heterocycles. The molecule has 20 heavy (non-hydrogen) atoms. The Balaban J connectivity index is 2.35. The average molecular weight is 295 g/mol. The van der Waals surface area contributed by atoms with Gasteiger partial charge in [-0.3, -0.25) is 4.72 Å². The van der Waals surface area contributed by atoms with Crippen LogP contribution in [0.15, 0.2) is 47.6 Å². The van der Waals surface area contributed by atoms with Crippen LogP contribution in [0.5, 0.6) is 11.5 Å². The zero-order valence-corrected chi connectivity index (χ0v) is 11.9. The minimum atomic E-state index is -3.68. The molecule has 0 amide bonds. The lowest BCUT2D eigenvalue weighted by atomic mass is 10.3. The quantitative estimate of drug-likeness (QED) is 0.902. The number of sulfonamides is 1. The topological polar surface area (TPSA) is 78.8 Å². The van der Waals surface area contributed by atoms with E-state index < -0.39 is 10.0 Å². The van der Waals surface area contributed by atoms with Crippen LogP contribution in [0.2, 0.25) is 0 Å². The van der Waals surface area contributed by atoms with E-state index in [1.807, 2.05) is 0 Å². The Hall–Kier alpha value is -2.28. The minimum absolute atomic E-state index is 0.0963. The lowest BCUT2D eigenvalue weighted by Gasteiger charge is -2.10. The zero-order chi connectivity index (χ0) is 14.6. The van der Waals surface area contributed by atoms with E-state index in [4.69, 9.17) is 9.47 Å². The highest BCUT2D eigenvalue weighted by Crippen LogP contribution is 2.29. The number of ether oxygens (including phenoxy) is 2. The number of hydrogen-bond acceptors (Lipinski definition) is 4. The molecule has 0 aliphatic carbocycles. The van der Waals surface area contributed by atoms with E-state index in [1.54, 1.807) is 30.6 Å². The van der Waals surface area contributed by atoms with Crippen LogP contribution >= 0.6 is 0 Å². The molecule has 0 unspecified atom stereocenters. The van der Waals surface area contributed by atoms with Gasteiger partial charge >= 0.3 is 0 Å². The number of methoxy groups -OCH3 is 2. The molecule has 0 radical (unpaired) electrons. The van der Waals surface area contributed by atoms with Gasteiger partial charge in [-0.05, 0) is 18.2 Å². The lowest BCUT2D eigenvalue weighted by molar-refractivity contribution is -0.376. The van der Waals surface area contributed by atoms with Gasteiger partial charge in [0.15, 0.2) is 23.9 Å². The van der Waals surface area contributed by atoms with E-state index in [1.165, 1.54) is 26.4 Å². The SMILES string of the molecule is COc1ccc(S(=O)(=O)Nc2ccc[nH+]c2)cc1OC. The highest BCUT2D eigenvalue weighted by molar-refractivity contribution is 7.92. The summed E-state index contributed by atoms with van der Waals surface area (Å²) in [7, 11) is -0.734. The zero-order valence-electron chi connectivity index (χ0n) is 11.1. The number of benzene rings is 1. The first kappa shape index (κ1) is 14.1. The van der Waals surface area contributed by atoms with Gasteiger partial charge in [-0.1, -0.05) is 0 Å². The summed E-state index contributed by atoms with van der Waals surface area (Å²) in [6.45, 7) is 0. The van der Waals surface area contributed by atoms with E-state index in [2.05, 4.69) is 9.71 Å². The van der Waals surface area contributed by atoms with Gasteiger partial charge in [0.1, 0.15) is 5.69 Å². The number of H-pyrrole nitrogens is 1. The van der Waals surface area contributed by atoms with Crippen molar-refractivity contribution in [2.45, 2.75) is 4.90 Å². The summed E-state index contributed by atoms with van der Waals surface area (Å²) in [4.78, 5) is 2.90. The third-order valence-corrected chi connectivity index (χ3v) is 4.00. The second-order valence-corrected chi connectivity index (χ2v) is 5.60. The Bertz CT molecular complexity index is 687. The van der Waals surface area contributed by atoms with Crippen molar-refractivity contribution in [3.05, 3.63) is 42.7 Å². The monoisotopic (exact) mass is 295 g/mol. The number of pyridine rings is 1. The number of aromatic amines is 1. The van der Waals surface area contributed by atoms with Gasteiger partial charge in [-0.25, -0.2) is 13.4 Å². The number of anilines is 1. The second-order valence-electron chi connectivity index (χ2n) is 3.91. The fraction of sp³-hybridized carbons (Fsp3) is 0.154. The first-order valence-electron chi connectivity index (χ1n) is 5.78. The van der Waals surface area contributed by atoms with Crippen LogP contribution in [0.3, 0.4) is 0 Å².